The largest absolute Gasteiger partial charge is 0.472 e. The first-order chi connectivity index (χ1) is 48.2. The molecule has 19 heteroatoms. The van der Waals surface area contributed by atoms with Crippen LogP contribution in [0.1, 0.15) is 415 Å². The maximum atomic E-state index is 13.1. The molecule has 0 aromatic carbocycles. The second-order valence-electron chi connectivity index (χ2n) is 30.4. The van der Waals surface area contributed by atoms with Crippen molar-refractivity contribution in [1.29, 1.82) is 0 Å². The van der Waals surface area contributed by atoms with Crippen LogP contribution in [0.5, 0.6) is 0 Å². The quantitative estimate of drug-likeness (QED) is 0.0222. The van der Waals surface area contributed by atoms with Crippen molar-refractivity contribution in [2.75, 3.05) is 39.6 Å². The van der Waals surface area contributed by atoms with E-state index in [1.165, 1.54) is 212 Å². The summed E-state index contributed by atoms with van der Waals surface area (Å²) in [7, 11) is -9.92. The Morgan fingerprint density at radius 1 is 0.280 bits per heavy atom. The van der Waals surface area contributed by atoms with Crippen molar-refractivity contribution in [2.24, 2.45) is 23.7 Å². The maximum Gasteiger partial charge on any atom is 0.472 e. The smallest absolute Gasteiger partial charge is 0.462 e. The molecular weight excluding hydrogens is 1310 g/mol. The summed E-state index contributed by atoms with van der Waals surface area (Å²) in [6.07, 6.45) is 56.8. The van der Waals surface area contributed by atoms with Crippen LogP contribution in [0.15, 0.2) is 0 Å². The summed E-state index contributed by atoms with van der Waals surface area (Å²) >= 11 is 0. The molecule has 100 heavy (non-hydrogen) atoms. The molecule has 3 N–H and O–H groups in total. The highest BCUT2D eigenvalue weighted by Crippen LogP contribution is 2.45. The number of unbranched alkanes of at least 4 members (excludes halogenated alkanes) is 41. The summed E-state index contributed by atoms with van der Waals surface area (Å²) in [5.74, 6) is 1.07. The van der Waals surface area contributed by atoms with Crippen LogP contribution in [0.25, 0.3) is 0 Å². The van der Waals surface area contributed by atoms with Gasteiger partial charge in [-0.1, -0.05) is 364 Å². The minimum atomic E-state index is -4.96. The lowest BCUT2D eigenvalue weighted by atomic mass is 9.99. The highest BCUT2D eigenvalue weighted by molar-refractivity contribution is 7.47. The van der Waals surface area contributed by atoms with Gasteiger partial charge in [0.25, 0.3) is 0 Å². The van der Waals surface area contributed by atoms with Gasteiger partial charge in [-0.05, 0) is 49.4 Å². The Morgan fingerprint density at radius 3 is 0.710 bits per heavy atom. The van der Waals surface area contributed by atoms with Crippen LogP contribution in [0.3, 0.4) is 0 Å². The van der Waals surface area contributed by atoms with E-state index in [0.717, 1.165) is 120 Å². The van der Waals surface area contributed by atoms with Gasteiger partial charge >= 0.3 is 39.5 Å². The molecule has 0 aliphatic carbocycles. The van der Waals surface area contributed by atoms with Crippen molar-refractivity contribution >= 4 is 39.5 Å². The van der Waals surface area contributed by atoms with Crippen molar-refractivity contribution in [2.45, 2.75) is 433 Å². The fourth-order valence-electron chi connectivity index (χ4n) is 12.3. The third kappa shape index (κ3) is 70.4. The first kappa shape index (κ1) is 98.1. The maximum absolute atomic E-state index is 13.1. The minimum absolute atomic E-state index is 0.106. The number of rotatable bonds is 78. The van der Waals surface area contributed by atoms with E-state index in [1.807, 2.05) is 0 Å². The van der Waals surface area contributed by atoms with Crippen LogP contribution in [0.2, 0.25) is 0 Å². The molecule has 0 heterocycles. The van der Waals surface area contributed by atoms with Crippen LogP contribution in [0.4, 0.5) is 0 Å². The monoisotopic (exact) mass is 1470 g/mol. The van der Waals surface area contributed by atoms with E-state index < -0.39 is 97.5 Å². The average molecular weight is 1470 g/mol. The van der Waals surface area contributed by atoms with Gasteiger partial charge < -0.3 is 33.8 Å². The van der Waals surface area contributed by atoms with Crippen LogP contribution in [0, 0.1) is 23.7 Å². The van der Waals surface area contributed by atoms with Gasteiger partial charge in [-0.25, -0.2) is 9.13 Å². The molecule has 0 amide bonds. The zero-order valence-corrected chi connectivity index (χ0v) is 67.6. The van der Waals surface area contributed by atoms with Gasteiger partial charge in [0.15, 0.2) is 12.2 Å². The second-order valence-corrected chi connectivity index (χ2v) is 33.3. The zero-order chi connectivity index (χ0) is 73.8. The van der Waals surface area contributed by atoms with Crippen molar-refractivity contribution in [3.8, 4) is 0 Å². The number of aliphatic hydroxyl groups excluding tert-OH is 1. The van der Waals surface area contributed by atoms with Crippen molar-refractivity contribution in [1.82, 2.24) is 0 Å². The predicted octanol–water partition coefficient (Wildman–Crippen LogP) is 24.0. The summed E-state index contributed by atoms with van der Waals surface area (Å²) in [5.41, 5.74) is 0. The molecule has 8 atom stereocenters. The Bertz CT molecular complexity index is 1960. The Hall–Kier alpha value is -1.94. The molecule has 0 saturated carbocycles. The number of phosphoric acid groups is 2. The Kier molecular flexibility index (Phi) is 68.7. The zero-order valence-electron chi connectivity index (χ0n) is 65.8. The number of hydrogen-bond donors (Lipinski definition) is 3. The van der Waals surface area contributed by atoms with E-state index >= 15 is 0 Å². The van der Waals surface area contributed by atoms with E-state index in [9.17, 15) is 43.2 Å². The minimum Gasteiger partial charge on any atom is -0.462 e. The van der Waals surface area contributed by atoms with Gasteiger partial charge in [0, 0.05) is 25.7 Å². The SMILES string of the molecule is CCC(C)CCCCCCCCCCCCCCCCC(=O)OC[C@H](COP(=O)(O)OC[C@@H](O)COP(=O)(O)OC[C@@H](COC(=O)CCCCCCCCC(C)CC)OC(=O)CCCCCCCCCCCCCCCCCC(C)C)OC(=O)CCCCCCCCCCCCC(C)CC. The predicted molar refractivity (Wildman–Crippen MR) is 409 cm³/mol. The molecule has 0 aliphatic rings. The lowest BCUT2D eigenvalue weighted by Gasteiger charge is -2.21. The first-order valence-corrected chi connectivity index (χ1v) is 44.8. The molecule has 5 unspecified atom stereocenters. The molecule has 594 valence electrons. The summed E-state index contributed by atoms with van der Waals surface area (Å²) in [5, 5.41) is 10.6. The van der Waals surface area contributed by atoms with E-state index in [-0.39, 0.29) is 25.7 Å². The molecule has 0 radical (unpaired) electrons. The van der Waals surface area contributed by atoms with Gasteiger partial charge in [0.05, 0.1) is 26.4 Å². The molecule has 0 aromatic heterocycles. The number of ether oxygens (including phenoxy) is 4. The molecule has 0 saturated heterocycles. The normalized spacial score (nSPS) is 14.8. The summed E-state index contributed by atoms with van der Waals surface area (Å²) < 4.78 is 68.7. The van der Waals surface area contributed by atoms with Crippen LogP contribution in [-0.2, 0) is 65.4 Å². The number of carbonyl (C=O) groups excluding carboxylic acids is 4. The summed E-state index contributed by atoms with van der Waals surface area (Å²) in [4.78, 5) is 73.0. The van der Waals surface area contributed by atoms with E-state index in [4.69, 9.17) is 37.0 Å². The van der Waals surface area contributed by atoms with Crippen LogP contribution >= 0.6 is 15.6 Å². The number of aliphatic hydroxyl groups is 1. The second kappa shape index (κ2) is 70.1. The standard InChI is InChI=1S/C81H158O17P2/c1-9-72(6)58-50-42-34-28-22-18-15-16-19-23-30-36-45-53-61-78(83)91-67-76(97-81(86)64-56-48-38-32-26-25-29-35-43-51-59-73(7)10-2)69-95-99(87,88)93-65-75(82)66-94-100(89,90)96-70-77(68-92-79(84)62-54-46-40-39-44-52-60-74(8)11-3)98-80(85)63-55-47-37-31-24-20-14-12-13-17-21-27-33-41-49-57-71(4)5/h71-77,82H,9-70H2,1-8H3,(H,87,88)(H,89,90)/t72?,73?,74?,75-,76-,77-/m1/s1. The van der Waals surface area contributed by atoms with Gasteiger partial charge in [-0.3, -0.25) is 37.3 Å². The highest BCUT2D eigenvalue weighted by atomic mass is 31.2. The van der Waals surface area contributed by atoms with Crippen LogP contribution < -0.4 is 0 Å². The first-order valence-electron chi connectivity index (χ1n) is 41.8. The number of phosphoric ester groups is 2. The lowest BCUT2D eigenvalue weighted by molar-refractivity contribution is -0.161. The Labute approximate surface area is 613 Å². The van der Waals surface area contributed by atoms with Crippen molar-refractivity contribution in [3.05, 3.63) is 0 Å². The van der Waals surface area contributed by atoms with E-state index in [0.29, 0.717) is 25.7 Å². The van der Waals surface area contributed by atoms with Crippen molar-refractivity contribution in [3.63, 3.8) is 0 Å². The lowest BCUT2D eigenvalue weighted by Crippen LogP contribution is -2.30. The molecule has 0 bridgehead atoms. The molecule has 17 nitrogen and oxygen atoms in total. The van der Waals surface area contributed by atoms with Gasteiger partial charge in [-0.2, -0.15) is 0 Å². The molecule has 0 aromatic rings. The third-order valence-electron chi connectivity index (χ3n) is 19.9. The number of carbonyl (C=O) groups is 4. The Balaban J connectivity index is 5.24. The molecule has 0 spiro atoms. The van der Waals surface area contributed by atoms with Gasteiger partial charge in [0.2, 0.25) is 0 Å². The summed E-state index contributed by atoms with van der Waals surface area (Å²) in [6, 6.07) is 0. The topological polar surface area (TPSA) is 237 Å². The molecule has 0 aliphatic heterocycles. The van der Waals surface area contributed by atoms with Crippen LogP contribution in [-0.4, -0.2) is 96.7 Å². The molecule has 0 rings (SSSR count). The van der Waals surface area contributed by atoms with E-state index in [2.05, 4.69) is 55.4 Å². The third-order valence-corrected chi connectivity index (χ3v) is 21.8. The van der Waals surface area contributed by atoms with Gasteiger partial charge in [-0.15, -0.1) is 0 Å². The fourth-order valence-corrected chi connectivity index (χ4v) is 13.9. The highest BCUT2D eigenvalue weighted by Gasteiger charge is 2.30. The molecule has 0 fully saturated rings. The summed E-state index contributed by atoms with van der Waals surface area (Å²) in [6.45, 7) is 14.3. The van der Waals surface area contributed by atoms with E-state index in [1.54, 1.807) is 0 Å². The van der Waals surface area contributed by atoms with Gasteiger partial charge in [0.1, 0.15) is 19.3 Å². The van der Waals surface area contributed by atoms with Crippen molar-refractivity contribution < 1.29 is 80.2 Å². The molecular formula is C81H158O17P2. The Morgan fingerprint density at radius 2 is 0.480 bits per heavy atom. The number of esters is 4. The number of hydrogen-bond acceptors (Lipinski definition) is 15. The average Bonchev–Trinajstić information content (AvgIpc) is 0.930. The fraction of sp³-hybridized carbons (Fsp3) is 0.951.